The minimum Gasteiger partial charge on any atom is -0.491 e. The second kappa shape index (κ2) is 5.99. The molecule has 2 aromatic rings. The van der Waals surface area contributed by atoms with E-state index in [9.17, 15) is 4.79 Å². The van der Waals surface area contributed by atoms with Crippen LogP contribution < -0.4 is 4.74 Å². The van der Waals surface area contributed by atoms with Crippen LogP contribution in [0.4, 0.5) is 0 Å². The van der Waals surface area contributed by atoms with Crippen molar-refractivity contribution in [3.05, 3.63) is 41.7 Å². The van der Waals surface area contributed by atoms with Crippen molar-refractivity contribution in [3.8, 4) is 5.75 Å². The lowest BCUT2D eigenvalue weighted by Gasteiger charge is -2.16. The maximum absolute atomic E-state index is 11.9. The first-order chi connectivity index (χ1) is 9.18. The number of aromatic amines is 1. The Morgan fingerprint density at radius 2 is 2.21 bits per heavy atom. The summed E-state index contributed by atoms with van der Waals surface area (Å²) >= 11 is 0. The van der Waals surface area contributed by atoms with Crippen LogP contribution in [-0.2, 0) is 0 Å². The lowest BCUT2D eigenvalue weighted by atomic mass is 10.2. The molecule has 1 N–H and O–H groups in total. The third-order valence-corrected chi connectivity index (χ3v) is 2.76. The van der Waals surface area contributed by atoms with Gasteiger partial charge in [-0.15, -0.1) is 0 Å². The van der Waals surface area contributed by atoms with E-state index in [0.29, 0.717) is 18.8 Å². The molecule has 1 aromatic carbocycles. The van der Waals surface area contributed by atoms with Crippen molar-refractivity contribution in [1.82, 2.24) is 20.3 Å². The average Bonchev–Trinajstić information content (AvgIpc) is 2.94. The summed E-state index contributed by atoms with van der Waals surface area (Å²) in [6.07, 6.45) is 1.40. The molecule has 0 spiro atoms. The van der Waals surface area contributed by atoms with Crippen molar-refractivity contribution in [2.24, 2.45) is 0 Å². The monoisotopic (exact) mass is 260 g/mol. The highest BCUT2D eigenvalue weighted by Gasteiger charge is 2.14. The van der Waals surface area contributed by atoms with Crippen LogP contribution in [-0.4, -0.2) is 46.4 Å². The average molecular weight is 260 g/mol. The minimum atomic E-state index is -0.179. The Kier molecular flexibility index (Phi) is 4.12. The lowest BCUT2D eigenvalue weighted by molar-refractivity contribution is 0.0768. The SMILES string of the molecule is Cc1ccccc1OCCN(C)C(=O)c1cn[nH]n1. The largest absolute Gasteiger partial charge is 0.491 e. The molecule has 0 aliphatic rings. The van der Waals surface area contributed by atoms with Crippen molar-refractivity contribution in [2.75, 3.05) is 20.2 Å². The molecule has 19 heavy (non-hydrogen) atoms. The smallest absolute Gasteiger partial charge is 0.275 e. The van der Waals surface area contributed by atoms with Gasteiger partial charge < -0.3 is 9.64 Å². The summed E-state index contributed by atoms with van der Waals surface area (Å²) in [5, 5.41) is 9.78. The summed E-state index contributed by atoms with van der Waals surface area (Å²) in [4.78, 5) is 13.4. The molecule has 100 valence electrons. The molecule has 0 aliphatic carbocycles. The summed E-state index contributed by atoms with van der Waals surface area (Å²) in [5.41, 5.74) is 1.38. The molecule has 0 saturated heterocycles. The third kappa shape index (κ3) is 3.31. The number of hydrogen-bond acceptors (Lipinski definition) is 4. The molecule has 1 amide bonds. The van der Waals surface area contributed by atoms with Gasteiger partial charge in [0.05, 0.1) is 12.7 Å². The van der Waals surface area contributed by atoms with Gasteiger partial charge >= 0.3 is 0 Å². The van der Waals surface area contributed by atoms with Gasteiger partial charge in [0.2, 0.25) is 0 Å². The third-order valence-electron chi connectivity index (χ3n) is 2.76. The van der Waals surface area contributed by atoms with E-state index in [1.54, 1.807) is 11.9 Å². The molecule has 1 aromatic heterocycles. The maximum atomic E-state index is 11.9. The summed E-state index contributed by atoms with van der Waals surface area (Å²) < 4.78 is 5.64. The quantitative estimate of drug-likeness (QED) is 0.878. The number of amides is 1. The van der Waals surface area contributed by atoms with E-state index in [2.05, 4.69) is 15.4 Å². The highest BCUT2D eigenvalue weighted by Crippen LogP contribution is 2.15. The van der Waals surface area contributed by atoms with Crippen molar-refractivity contribution in [3.63, 3.8) is 0 Å². The molecule has 0 unspecified atom stereocenters. The molecule has 0 bridgehead atoms. The van der Waals surface area contributed by atoms with E-state index in [-0.39, 0.29) is 5.91 Å². The van der Waals surface area contributed by atoms with Gasteiger partial charge in [0.25, 0.3) is 5.91 Å². The Morgan fingerprint density at radius 1 is 1.42 bits per heavy atom. The molecule has 0 radical (unpaired) electrons. The van der Waals surface area contributed by atoms with Crippen LogP contribution in [0.25, 0.3) is 0 Å². The molecule has 0 saturated carbocycles. The molecule has 6 heteroatoms. The Balaban J connectivity index is 1.83. The normalized spacial score (nSPS) is 10.2. The van der Waals surface area contributed by atoms with Gasteiger partial charge in [0.1, 0.15) is 12.4 Å². The second-order valence-corrected chi connectivity index (χ2v) is 4.20. The lowest BCUT2D eigenvalue weighted by Crippen LogP contribution is -2.31. The number of H-pyrrole nitrogens is 1. The molecule has 1 heterocycles. The van der Waals surface area contributed by atoms with Gasteiger partial charge in [0.15, 0.2) is 5.69 Å². The van der Waals surface area contributed by atoms with Gasteiger partial charge in [0, 0.05) is 7.05 Å². The number of rotatable bonds is 5. The highest BCUT2D eigenvalue weighted by atomic mass is 16.5. The van der Waals surface area contributed by atoms with Crippen molar-refractivity contribution >= 4 is 5.91 Å². The zero-order valence-electron chi connectivity index (χ0n) is 11.0. The van der Waals surface area contributed by atoms with Crippen LogP contribution >= 0.6 is 0 Å². The van der Waals surface area contributed by atoms with Crippen molar-refractivity contribution in [2.45, 2.75) is 6.92 Å². The van der Waals surface area contributed by atoms with Gasteiger partial charge in [-0.3, -0.25) is 4.79 Å². The second-order valence-electron chi connectivity index (χ2n) is 4.20. The first kappa shape index (κ1) is 13.1. The maximum Gasteiger partial charge on any atom is 0.275 e. The van der Waals surface area contributed by atoms with Crippen molar-refractivity contribution < 1.29 is 9.53 Å². The number of nitrogens with zero attached hydrogens (tertiary/aromatic N) is 3. The van der Waals surface area contributed by atoms with Gasteiger partial charge in [-0.2, -0.15) is 15.4 Å². The number of para-hydroxylation sites is 1. The van der Waals surface area contributed by atoms with Crippen LogP contribution in [0.2, 0.25) is 0 Å². The van der Waals surface area contributed by atoms with Gasteiger partial charge in [-0.05, 0) is 18.6 Å². The van der Waals surface area contributed by atoms with Crippen LogP contribution in [0.3, 0.4) is 0 Å². The van der Waals surface area contributed by atoms with Gasteiger partial charge in [-0.25, -0.2) is 0 Å². The minimum absolute atomic E-state index is 0.179. The van der Waals surface area contributed by atoms with E-state index < -0.39 is 0 Å². The number of carbonyl (C=O) groups excluding carboxylic acids is 1. The number of nitrogens with one attached hydrogen (secondary N) is 1. The number of hydrogen-bond donors (Lipinski definition) is 1. The van der Waals surface area contributed by atoms with E-state index in [1.807, 2.05) is 31.2 Å². The topological polar surface area (TPSA) is 71.1 Å². The first-order valence-corrected chi connectivity index (χ1v) is 5.98. The Bertz CT molecular complexity index is 539. The number of ether oxygens (including phenoxy) is 1. The van der Waals surface area contributed by atoms with E-state index >= 15 is 0 Å². The van der Waals surface area contributed by atoms with Crippen LogP contribution in [0, 0.1) is 6.92 Å². The Labute approximate surface area is 111 Å². The number of carbonyl (C=O) groups is 1. The highest BCUT2D eigenvalue weighted by molar-refractivity contribution is 5.91. The predicted molar refractivity (Wildman–Crippen MR) is 70.0 cm³/mol. The van der Waals surface area contributed by atoms with Crippen LogP contribution in [0.5, 0.6) is 5.75 Å². The first-order valence-electron chi connectivity index (χ1n) is 5.98. The van der Waals surface area contributed by atoms with Crippen LogP contribution in [0.1, 0.15) is 16.1 Å². The van der Waals surface area contributed by atoms with E-state index in [4.69, 9.17) is 4.74 Å². The number of benzene rings is 1. The number of aryl methyl sites for hydroxylation is 1. The molecule has 6 nitrogen and oxygen atoms in total. The van der Waals surface area contributed by atoms with E-state index in [0.717, 1.165) is 11.3 Å². The fourth-order valence-corrected chi connectivity index (χ4v) is 1.61. The molecule has 0 aliphatic heterocycles. The predicted octanol–water partition coefficient (Wildman–Crippen LogP) is 1.26. The summed E-state index contributed by atoms with van der Waals surface area (Å²) in [6.45, 7) is 2.91. The fourth-order valence-electron chi connectivity index (χ4n) is 1.61. The summed E-state index contributed by atoms with van der Waals surface area (Å²) in [6, 6.07) is 7.78. The fraction of sp³-hybridized carbons (Fsp3) is 0.308. The Morgan fingerprint density at radius 3 is 2.89 bits per heavy atom. The Hall–Kier alpha value is -2.37. The number of likely N-dealkylation sites (N-methyl/N-ethyl adjacent to an activating group) is 1. The molecule has 0 atom stereocenters. The van der Waals surface area contributed by atoms with E-state index in [1.165, 1.54) is 6.20 Å². The van der Waals surface area contributed by atoms with Gasteiger partial charge in [-0.1, -0.05) is 18.2 Å². The van der Waals surface area contributed by atoms with Crippen molar-refractivity contribution in [1.29, 1.82) is 0 Å². The number of aromatic nitrogens is 3. The van der Waals surface area contributed by atoms with Crippen LogP contribution in [0.15, 0.2) is 30.5 Å². The molecular weight excluding hydrogens is 244 g/mol. The zero-order valence-corrected chi connectivity index (χ0v) is 11.0. The molecular formula is C13H16N4O2. The molecule has 2 rings (SSSR count). The summed E-state index contributed by atoms with van der Waals surface area (Å²) in [7, 11) is 1.71. The molecule has 0 fully saturated rings. The summed E-state index contributed by atoms with van der Waals surface area (Å²) in [5.74, 6) is 0.659. The zero-order chi connectivity index (χ0) is 13.7. The standard InChI is InChI=1S/C13H16N4O2/c1-10-5-3-4-6-12(10)19-8-7-17(2)13(18)11-9-14-16-15-11/h3-6,9H,7-8H2,1-2H3,(H,14,15,16).